The molecule has 0 saturated heterocycles. The molecule has 5 nitrogen and oxygen atoms in total. The Morgan fingerprint density at radius 2 is 1.85 bits per heavy atom. The smallest absolute Gasteiger partial charge is 0.232 e. The average Bonchev–Trinajstić information content (AvgIpc) is 2.88. The molecule has 0 spiro atoms. The van der Waals surface area contributed by atoms with E-state index >= 15 is 0 Å². The van der Waals surface area contributed by atoms with Gasteiger partial charge in [0, 0.05) is 17.4 Å². The van der Waals surface area contributed by atoms with Gasteiger partial charge in [0.25, 0.3) is 0 Å². The molecule has 112 valence electrons. The second-order valence-electron chi connectivity index (χ2n) is 5.26. The van der Waals surface area contributed by atoms with Crippen molar-refractivity contribution in [3.05, 3.63) is 24.3 Å². The van der Waals surface area contributed by atoms with Gasteiger partial charge in [-0.15, -0.1) is 0 Å². The van der Waals surface area contributed by atoms with E-state index in [2.05, 4.69) is 10.0 Å². The van der Waals surface area contributed by atoms with Crippen molar-refractivity contribution in [1.29, 1.82) is 0 Å². The zero-order valence-electron chi connectivity index (χ0n) is 11.8. The number of nitrogens with two attached hydrogens (primary N) is 1. The Hall–Kier alpha value is -1.27. The maximum atomic E-state index is 11.5. The highest BCUT2D eigenvalue weighted by atomic mass is 32.2. The zero-order valence-corrected chi connectivity index (χ0v) is 12.6. The van der Waals surface area contributed by atoms with Crippen LogP contribution in [0.15, 0.2) is 24.3 Å². The van der Waals surface area contributed by atoms with Gasteiger partial charge in [-0.1, -0.05) is 6.42 Å². The van der Waals surface area contributed by atoms with E-state index in [1.165, 1.54) is 12.8 Å². The van der Waals surface area contributed by atoms with Crippen LogP contribution in [0.25, 0.3) is 0 Å². The van der Waals surface area contributed by atoms with Crippen LogP contribution in [0.4, 0.5) is 11.4 Å². The molecule has 0 radical (unpaired) electrons. The van der Waals surface area contributed by atoms with Gasteiger partial charge in [0.15, 0.2) is 0 Å². The summed E-state index contributed by atoms with van der Waals surface area (Å²) in [7, 11) is -3.21. The predicted molar refractivity (Wildman–Crippen MR) is 83.3 cm³/mol. The molecule has 1 aliphatic carbocycles. The summed E-state index contributed by atoms with van der Waals surface area (Å²) >= 11 is 0. The first-order valence-electron chi connectivity index (χ1n) is 7.11. The van der Waals surface area contributed by atoms with Gasteiger partial charge >= 0.3 is 0 Å². The van der Waals surface area contributed by atoms with Crippen LogP contribution in [0.5, 0.6) is 0 Å². The summed E-state index contributed by atoms with van der Waals surface area (Å²) in [5, 5.41) is 3.49. The Kier molecular flexibility index (Phi) is 4.88. The minimum absolute atomic E-state index is 0.0766. The van der Waals surface area contributed by atoms with Crippen molar-refractivity contribution < 1.29 is 8.42 Å². The summed E-state index contributed by atoms with van der Waals surface area (Å²) in [6.07, 6.45) is 3.54. The van der Waals surface area contributed by atoms with Crippen molar-refractivity contribution in [1.82, 2.24) is 0 Å². The van der Waals surface area contributed by atoms with E-state index in [9.17, 15) is 8.42 Å². The number of hydrogen-bond acceptors (Lipinski definition) is 4. The van der Waals surface area contributed by atoms with E-state index in [-0.39, 0.29) is 5.75 Å². The van der Waals surface area contributed by atoms with Crippen LogP contribution in [0.1, 0.15) is 26.2 Å². The monoisotopic (exact) mass is 297 g/mol. The van der Waals surface area contributed by atoms with Crippen LogP contribution in [0.3, 0.4) is 0 Å². The van der Waals surface area contributed by atoms with Crippen LogP contribution in [0, 0.1) is 5.92 Å². The predicted octanol–water partition coefficient (Wildman–Crippen LogP) is 1.99. The lowest BCUT2D eigenvalue weighted by atomic mass is 10.0. The normalized spacial score (nSPS) is 22.7. The van der Waals surface area contributed by atoms with Gasteiger partial charge in [-0.3, -0.25) is 4.72 Å². The molecule has 1 fully saturated rings. The number of nitrogens with one attached hydrogen (secondary N) is 2. The molecule has 1 aliphatic rings. The Morgan fingerprint density at radius 3 is 2.45 bits per heavy atom. The summed E-state index contributed by atoms with van der Waals surface area (Å²) in [6, 6.07) is 7.79. The lowest BCUT2D eigenvalue weighted by Crippen LogP contribution is -2.29. The van der Waals surface area contributed by atoms with E-state index in [4.69, 9.17) is 5.73 Å². The first-order chi connectivity index (χ1) is 9.54. The number of benzene rings is 1. The molecule has 0 bridgehead atoms. The zero-order chi connectivity index (χ0) is 14.6. The molecule has 0 aromatic heterocycles. The quantitative estimate of drug-likeness (QED) is 0.749. The van der Waals surface area contributed by atoms with E-state index in [0.717, 1.165) is 12.1 Å². The fourth-order valence-corrected chi connectivity index (χ4v) is 3.25. The molecule has 6 heteroatoms. The Labute approximate surface area is 121 Å². The third-order valence-corrected chi connectivity index (χ3v) is 5.16. The highest BCUT2D eigenvalue weighted by Gasteiger charge is 2.25. The highest BCUT2D eigenvalue weighted by Crippen LogP contribution is 2.28. The van der Waals surface area contributed by atoms with Gasteiger partial charge in [-0.05, 0) is 56.5 Å². The third kappa shape index (κ3) is 3.86. The van der Waals surface area contributed by atoms with Gasteiger partial charge in [0.2, 0.25) is 10.0 Å². The van der Waals surface area contributed by atoms with Crippen molar-refractivity contribution in [2.24, 2.45) is 11.7 Å². The van der Waals surface area contributed by atoms with Gasteiger partial charge in [-0.2, -0.15) is 0 Å². The van der Waals surface area contributed by atoms with Crippen molar-refractivity contribution >= 4 is 21.4 Å². The van der Waals surface area contributed by atoms with Crippen LogP contribution in [-0.2, 0) is 10.0 Å². The van der Waals surface area contributed by atoms with Crippen molar-refractivity contribution in [3.63, 3.8) is 0 Å². The Bertz CT molecular complexity index is 528. The largest absolute Gasteiger partial charge is 0.382 e. The molecule has 2 unspecified atom stereocenters. The SMILES string of the molecule is CCS(=O)(=O)Nc1ccc(NC2CCCC2CN)cc1. The van der Waals surface area contributed by atoms with Gasteiger partial charge < -0.3 is 11.1 Å². The van der Waals surface area contributed by atoms with Gasteiger partial charge in [0.1, 0.15) is 0 Å². The standard InChI is InChI=1S/C14H23N3O2S/c1-2-20(18,19)17-13-8-6-12(7-9-13)16-14-5-3-4-11(14)10-15/h6-9,11,14,16-17H,2-5,10,15H2,1H3. The fraction of sp³-hybridized carbons (Fsp3) is 0.571. The topological polar surface area (TPSA) is 84.2 Å². The molecule has 4 N–H and O–H groups in total. The lowest BCUT2D eigenvalue weighted by molar-refractivity contribution is 0.516. The van der Waals surface area contributed by atoms with Crippen molar-refractivity contribution in [2.75, 3.05) is 22.3 Å². The van der Waals surface area contributed by atoms with E-state index < -0.39 is 10.0 Å². The third-order valence-electron chi connectivity index (χ3n) is 3.85. The van der Waals surface area contributed by atoms with Crippen molar-refractivity contribution in [3.8, 4) is 0 Å². The van der Waals surface area contributed by atoms with Crippen LogP contribution < -0.4 is 15.8 Å². The van der Waals surface area contributed by atoms with E-state index in [0.29, 0.717) is 24.2 Å². The van der Waals surface area contributed by atoms with E-state index in [1.807, 2.05) is 12.1 Å². The maximum Gasteiger partial charge on any atom is 0.232 e. The summed E-state index contributed by atoms with van der Waals surface area (Å²) in [6.45, 7) is 2.33. The Balaban J connectivity index is 1.98. The van der Waals surface area contributed by atoms with Crippen molar-refractivity contribution in [2.45, 2.75) is 32.2 Å². The summed E-state index contributed by atoms with van der Waals surface area (Å²) in [4.78, 5) is 0. The number of rotatable bonds is 6. The molecular weight excluding hydrogens is 274 g/mol. The van der Waals surface area contributed by atoms with Crippen LogP contribution in [-0.4, -0.2) is 26.8 Å². The second-order valence-corrected chi connectivity index (χ2v) is 7.27. The molecule has 20 heavy (non-hydrogen) atoms. The molecule has 0 heterocycles. The molecule has 0 aliphatic heterocycles. The molecule has 2 rings (SSSR count). The fourth-order valence-electron chi connectivity index (χ4n) is 2.61. The average molecular weight is 297 g/mol. The minimum atomic E-state index is -3.21. The number of anilines is 2. The maximum absolute atomic E-state index is 11.5. The molecule has 1 saturated carbocycles. The van der Waals surface area contributed by atoms with Gasteiger partial charge in [0.05, 0.1) is 5.75 Å². The number of hydrogen-bond donors (Lipinski definition) is 3. The summed E-state index contributed by atoms with van der Waals surface area (Å²) < 4.78 is 25.5. The number of sulfonamides is 1. The minimum Gasteiger partial charge on any atom is -0.382 e. The van der Waals surface area contributed by atoms with Gasteiger partial charge in [-0.25, -0.2) is 8.42 Å². The lowest BCUT2D eigenvalue weighted by Gasteiger charge is -2.20. The first kappa shape index (κ1) is 15.1. The molecule has 1 aromatic rings. The molecule has 1 aromatic carbocycles. The van der Waals surface area contributed by atoms with Crippen LogP contribution in [0.2, 0.25) is 0 Å². The molecule has 0 amide bonds. The Morgan fingerprint density at radius 1 is 1.20 bits per heavy atom. The summed E-state index contributed by atoms with van der Waals surface area (Å²) in [5.74, 6) is 0.612. The molecule has 2 atom stereocenters. The van der Waals surface area contributed by atoms with E-state index in [1.54, 1.807) is 19.1 Å². The second kappa shape index (κ2) is 6.45. The summed E-state index contributed by atoms with van der Waals surface area (Å²) in [5.41, 5.74) is 7.38. The highest BCUT2D eigenvalue weighted by molar-refractivity contribution is 7.92. The van der Waals surface area contributed by atoms with Crippen LogP contribution >= 0.6 is 0 Å². The first-order valence-corrected chi connectivity index (χ1v) is 8.76. The molecular formula is C14H23N3O2S.